The van der Waals surface area contributed by atoms with Crippen molar-refractivity contribution in [2.24, 2.45) is 0 Å². The third-order valence-electron chi connectivity index (χ3n) is 6.75. The van der Waals surface area contributed by atoms with Crippen molar-refractivity contribution in [2.75, 3.05) is 6.61 Å². The molecule has 5 rings (SSSR count). The Hall–Kier alpha value is -4.17. The monoisotopic (exact) mass is 499 g/mol. The summed E-state index contributed by atoms with van der Waals surface area (Å²) in [5.74, 6) is -0.831. The maximum absolute atomic E-state index is 12.8. The molecule has 0 saturated carbocycles. The van der Waals surface area contributed by atoms with Crippen LogP contribution in [0.2, 0.25) is 0 Å². The summed E-state index contributed by atoms with van der Waals surface area (Å²) in [5, 5.41) is 2.55. The Balaban J connectivity index is 1.17. The Morgan fingerprint density at radius 1 is 0.865 bits per heavy atom. The topological polar surface area (TPSA) is 109 Å². The normalized spacial score (nSPS) is 18.2. The lowest BCUT2D eigenvalue weighted by molar-refractivity contribution is -0.130. The van der Waals surface area contributed by atoms with Crippen molar-refractivity contribution >= 4 is 17.9 Å². The molecule has 1 saturated heterocycles. The third-order valence-corrected chi connectivity index (χ3v) is 6.75. The Morgan fingerprint density at radius 3 is 2.14 bits per heavy atom. The lowest BCUT2D eigenvalue weighted by Crippen LogP contribution is -2.54. The molecule has 2 aliphatic rings. The lowest BCUT2D eigenvalue weighted by Gasteiger charge is -2.18. The van der Waals surface area contributed by atoms with Gasteiger partial charge in [-0.2, -0.15) is 0 Å². The van der Waals surface area contributed by atoms with Gasteiger partial charge in [0.25, 0.3) is 11.8 Å². The molecule has 2 unspecified atom stereocenters. The van der Waals surface area contributed by atoms with E-state index in [4.69, 9.17) is 9.47 Å². The Bertz CT molecular complexity index is 1250. The van der Waals surface area contributed by atoms with Crippen LogP contribution in [-0.4, -0.2) is 42.8 Å². The standard InChI is InChI=1S/C29H29N3O5/c1-2-36-29(35)30-24(16-18-10-4-3-5-11-18)27(33)31-32-28(34)26-25(37-26)17-23-21-14-8-6-12-19(21)20-13-7-9-15-22(20)23/h3-15,23-26H,2,16-17H2,1H3,(H,30,35)(H,31,33)(H,32,34)/t24-,25?,26?/m0/s1. The minimum absolute atomic E-state index is 0.147. The number of alkyl carbamates (subject to hydrolysis) is 1. The van der Waals surface area contributed by atoms with Crippen molar-refractivity contribution in [1.29, 1.82) is 0 Å². The molecule has 3 amide bonds. The first-order valence-corrected chi connectivity index (χ1v) is 12.5. The van der Waals surface area contributed by atoms with E-state index in [1.807, 2.05) is 54.6 Å². The zero-order valence-electron chi connectivity index (χ0n) is 20.5. The number of ether oxygens (including phenoxy) is 2. The number of epoxide rings is 1. The molecule has 3 atom stereocenters. The van der Waals surface area contributed by atoms with Crippen molar-refractivity contribution < 1.29 is 23.9 Å². The number of hydrazine groups is 1. The summed E-state index contributed by atoms with van der Waals surface area (Å²) in [5.41, 5.74) is 10.6. The molecule has 190 valence electrons. The second-order valence-electron chi connectivity index (χ2n) is 9.14. The van der Waals surface area contributed by atoms with Gasteiger partial charge < -0.3 is 14.8 Å². The summed E-state index contributed by atoms with van der Waals surface area (Å²) < 4.78 is 10.6. The van der Waals surface area contributed by atoms with Gasteiger partial charge in [-0.25, -0.2) is 4.79 Å². The van der Waals surface area contributed by atoms with Crippen LogP contribution < -0.4 is 16.2 Å². The number of hydrogen-bond donors (Lipinski definition) is 3. The molecule has 37 heavy (non-hydrogen) atoms. The average Bonchev–Trinajstić information content (AvgIpc) is 3.63. The number of benzene rings is 3. The van der Waals surface area contributed by atoms with Gasteiger partial charge in [-0.1, -0.05) is 78.9 Å². The number of carbonyl (C=O) groups is 3. The van der Waals surface area contributed by atoms with E-state index in [1.54, 1.807) is 6.92 Å². The van der Waals surface area contributed by atoms with Crippen LogP contribution in [0.1, 0.15) is 36.0 Å². The van der Waals surface area contributed by atoms with Crippen molar-refractivity contribution in [3.63, 3.8) is 0 Å². The first kappa shape index (κ1) is 24.5. The molecule has 0 bridgehead atoms. The van der Waals surface area contributed by atoms with E-state index >= 15 is 0 Å². The van der Waals surface area contributed by atoms with E-state index in [1.165, 1.54) is 22.3 Å². The molecule has 8 nitrogen and oxygen atoms in total. The smallest absolute Gasteiger partial charge is 0.407 e. The summed E-state index contributed by atoms with van der Waals surface area (Å²) in [6.07, 6.45) is -0.691. The van der Waals surface area contributed by atoms with Crippen molar-refractivity contribution in [3.8, 4) is 11.1 Å². The highest BCUT2D eigenvalue weighted by Gasteiger charge is 2.47. The average molecular weight is 500 g/mol. The van der Waals surface area contributed by atoms with Crippen molar-refractivity contribution in [1.82, 2.24) is 16.2 Å². The highest BCUT2D eigenvalue weighted by atomic mass is 16.6. The number of rotatable bonds is 8. The molecule has 1 fully saturated rings. The summed E-state index contributed by atoms with van der Waals surface area (Å²) in [4.78, 5) is 37.5. The van der Waals surface area contributed by atoms with Crippen LogP contribution in [0.5, 0.6) is 0 Å². The molecule has 3 aromatic carbocycles. The number of nitrogens with one attached hydrogen (secondary N) is 3. The SMILES string of the molecule is CCOC(=O)N[C@@H](Cc1ccccc1)C(=O)NNC(=O)C1OC1CC1c2ccccc2-c2ccccc21. The molecular formula is C29H29N3O5. The molecule has 0 radical (unpaired) electrons. The minimum Gasteiger partial charge on any atom is -0.450 e. The largest absolute Gasteiger partial charge is 0.450 e. The zero-order valence-corrected chi connectivity index (χ0v) is 20.5. The van der Waals surface area contributed by atoms with Gasteiger partial charge in [-0.3, -0.25) is 20.4 Å². The van der Waals surface area contributed by atoms with Gasteiger partial charge in [0.15, 0.2) is 6.10 Å². The van der Waals surface area contributed by atoms with Gasteiger partial charge in [-0.05, 0) is 41.2 Å². The van der Waals surface area contributed by atoms with E-state index < -0.39 is 30.1 Å². The fraction of sp³-hybridized carbons (Fsp3) is 0.276. The van der Waals surface area contributed by atoms with E-state index in [2.05, 4.69) is 40.4 Å². The molecule has 8 heteroatoms. The first-order valence-electron chi connectivity index (χ1n) is 12.5. The lowest BCUT2D eigenvalue weighted by atomic mass is 9.91. The molecule has 3 N–H and O–H groups in total. The predicted molar refractivity (Wildman–Crippen MR) is 137 cm³/mol. The van der Waals surface area contributed by atoms with Crippen LogP contribution >= 0.6 is 0 Å². The van der Waals surface area contributed by atoms with Gasteiger partial charge in [0.05, 0.1) is 12.7 Å². The predicted octanol–water partition coefficient (Wildman–Crippen LogP) is 3.46. The van der Waals surface area contributed by atoms with Gasteiger partial charge in [-0.15, -0.1) is 0 Å². The Labute approximate surface area is 215 Å². The maximum atomic E-state index is 12.8. The van der Waals surface area contributed by atoms with Crippen LogP contribution in [0, 0.1) is 0 Å². The molecule has 1 heterocycles. The summed E-state index contributed by atoms with van der Waals surface area (Å²) >= 11 is 0. The number of amides is 3. The van der Waals surface area contributed by atoms with Gasteiger partial charge in [0, 0.05) is 12.3 Å². The quantitative estimate of drug-likeness (QED) is 0.325. The number of hydrogen-bond acceptors (Lipinski definition) is 5. The highest BCUT2D eigenvalue weighted by molar-refractivity contribution is 5.90. The summed E-state index contributed by atoms with van der Waals surface area (Å²) in [6.45, 7) is 1.86. The Morgan fingerprint density at radius 2 is 1.49 bits per heavy atom. The number of fused-ring (bicyclic) bond motifs is 3. The van der Waals surface area contributed by atoms with E-state index in [9.17, 15) is 14.4 Å². The molecule has 3 aromatic rings. The summed E-state index contributed by atoms with van der Waals surface area (Å²) in [6, 6.07) is 25.0. The van der Waals surface area contributed by atoms with Crippen LogP contribution in [0.3, 0.4) is 0 Å². The Kier molecular flexibility index (Phi) is 7.18. The molecule has 0 aromatic heterocycles. The zero-order chi connectivity index (χ0) is 25.8. The second kappa shape index (κ2) is 10.8. The maximum Gasteiger partial charge on any atom is 0.407 e. The minimum atomic E-state index is -0.927. The fourth-order valence-electron chi connectivity index (χ4n) is 4.95. The summed E-state index contributed by atoms with van der Waals surface area (Å²) in [7, 11) is 0. The highest BCUT2D eigenvalue weighted by Crippen LogP contribution is 2.48. The van der Waals surface area contributed by atoms with E-state index in [0.717, 1.165) is 5.56 Å². The van der Waals surface area contributed by atoms with E-state index in [0.29, 0.717) is 6.42 Å². The van der Waals surface area contributed by atoms with Crippen molar-refractivity contribution in [3.05, 3.63) is 95.6 Å². The first-order chi connectivity index (χ1) is 18.0. The van der Waals surface area contributed by atoms with Crippen LogP contribution in [0.25, 0.3) is 11.1 Å². The fourth-order valence-corrected chi connectivity index (χ4v) is 4.95. The van der Waals surface area contributed by atoms with Crippen LogP contribution in [0.4, 0.5) is 4.79 Å². The molecule has 0 spiro atoms. The van der Waals surface area contributed by atoms with Gasteiger partial charge >= 0.3 is 6.09 Å². The second-order valence-corrected chi connectivity index (χ2v) is 9.14. The van der Waals surface area contributed by atoms with Gasteiger partial charge in [0.1, 0.15) is 6.04 Å². The van der Waals surface area contributed by atoms with Gasteiger partial charge in [0.2, 0.25) is 0 Å². The molecule has 1 aliphatic carbocycles. The molecular weight excluding hydrogens is 470 g/mol. The van der Waals surface area contributed by atoms with Crippen molar-refractivity contribution in [2.45, 2.75) is 43.9 Å². The van der Waals surface area contributed by atoms with Crippen LogP contribution in [-0.2, 0) is 25.5 Å². The van der Waals surface area contributed by atoms with E-state index in [-0.39, 0.29) is 25.0 Å². The molecule has 1 aliphatic heterocycles. The third kappa shape index (κ3) is 5.49. The van der Waals surface area contributed by atoms with Crippen LogP contribution in [0.15, 0.2) is 78.9 Å². The number of carbonyl (C=O) groups excluding carboxylic acids is 3.